The van der Waals surface area contributed by atoms with Crippen LogP contribution in [0.4, 0.5) is 0 Å². The molecule has 0 aromatic carbocycles. The minimum Gasteiger partial charge on any atom is -0.0822 e. The van der Waals surface area contributed by atoms with Crippen LogP contribution in [0.5, 0.6) is 0 Å². The molecular weight excluding hydrogens is 577 g/mol. The second-order valence-electron chi connectivity index (χ2n) is 17.9. The Bertz CT molecular complexity index is 820. The molecule has 0 spiro atoms. The van der Waals surface area contributed by atoms with Crippen LogP contribution in [-0.4, -0.2) is 0 Å². The first kappa shape index (κ1) is 45.0. The molecule has 0 saturated carbocycles. The number of hydrogen-bond donors (Lipinski definition) is 0. The molecule has 0 fully saturated rings. The van der Waals surface area contributed by atoms with Gasteiger partial charge in [0, 0.05) is 0 Å². The van der Waals surface area contributed by atoms with Crippen LogP contribution in [0.1, 0.15) is 188 Å². The van der Waals surface area contributed by atoms with Crippen molar-refractivity contribution in [1.82, 2.24) is 0 Å². The molecule has 280 valence electrons. The molecule has 0 bridgehead atoms. The van der Waals surface area contributed by atoms with E-state index in [0.717, 1.165) is 71.0 Å². The topological polar surface area (TPSA) is 0 Å². The molecule has 4 aliphatic carbocycles. The highest BCUT2D eigenvalue weighted by molar-refractivity contribution is 5.11. The zero-order valence-corrected chi connectivity index (χ0v) is 35.7. The number of rotatable bonds is 8. The average Bonchev–Trinajstić information content (AvgIpc) is 3.04. The molecule has 0 nitrogen and oxygen atoms in total. The minimum atomic E-state index is 0.814. The van der Waals surface area contributed by atoms with Crippen molar-refractivity contribution in [2.75, 3.05) is 0 Å². The summed E-state index contributed by atoms with van der Waals surface area (Å²) in [5.74, 6) is 10.4. The normalized spacial score (nSPS) is 30.6. The van der Waals surface area contributed by atoms with Crippen molar-refractivity contribution in [2.24, 2.45) is 71.0 Å². The lowest BCUT2D eigenvalue weighted by molar-refractivity contribution is 0.277. The van der Waals surface area contributed by atoms with E-state index < -0.39 is 0 Å². The predicted molar refractivity (Wildman–Crippen MR) is 220 cm³/mol. The van der Waals surface area contributed by atoms with Crippen molar-refractivity contribution in [3.63, 3.8) is 0 Å². The first-order valence-corrected chi connectivity index (χ1v) is 21.4. The van der Waals surface area contributed by atoms with Gasteiger partial charge in [-0.25, -0.2) is 0 Å². The standard InChI is InChI=1S/4C12H22/c4*1-5-11-6-7-12(9(2)3)10(4)8-11/h4*8-10,12H,5-7H2,1-4H3/t2*10-,12+;2*10-,12-/m1010/s1. The average molecular weight is 665 g/mol. The largest absolute Gasteiger partial charge is 0.0822 e. The smallest absolute Gasteiger partial charge is 0.0228 e. The van der Waals surface area contributed by atoms with Gasteiger partial charge < -0.3 is 0 Å². The molecule has 0 N–H and O–H groups in total. The summed E-state index contributed by atoms with van der Waals surface area (Å²) in [6.45, 7) is 37.4. The molecule has 0 amide bonds. The fourth-order valence-electron chi connectivity index (χ4n) is 9.72. The summed E-state index contributed by atoms with van der Waals surface area (Å²) in [6, 6.07) is 0. The molecule has 0 aromatic heterocycles. The molecule has 4 rings (SSSR count). The predicted octanol–water partition coefficient (Wildman–Crippen LogP) is 16.1. The minimum absolute atomic E-state index is 0.814. The second kappa shape index (κ2) is 23.4. The second-order valence-corrected chi connectivity index (χ2v) is 17.9. The lowest BCUT2D eigenvalue weighted by Gasteiger charge is -2.30. The van der Waals surface area contributed by atoms with Gasteiger partial charge in [-0.15, -0.1) is 0 Å². The third kappa shape index (κ3) is 15.5. The van der Waals surface area contributed by atoms with Crippen LogP contribution >= 0.6 is 0 Å². The van der Waals surface area contributed by atoms with Crippen molar-refractivity contribution < 1.29 is 0 Å². The van der Waals surface area contributed by atoms with Crippen molar-refractivity contribution in [2.45, 2.75) is 188 Å². The van der Waals surface area contributed by atoms with Gasteiger partial charge in [-0.3, -0.25) is 0 Å². The zero-order valence-electron chi connectivity index (χ0n) is 35.7. The van der Waals surface area contributed by atoms with Crippen LogP contribution in [0.3, 0.4) is 0 Å². The van der Waals surface area contributed by atoms with Gasteiger partial charge in [-0.2, -0.15) is 0 Å². The van der Waals surface area contributed by atoms with Gasteiger partial charge in [0.05, 0.1) is 0 Å². The highest BCUT2D eigenvalue weighted by Crippen LogP contribution is 2.37. The van der Waals surface area contributed by atoms with Gasteiger partial charge in [0.2, 0.25) is 0 Å². The van der Waals surface area contributed by atoms with Crippen molar-refractivity contribution >= 4 is 0 Å². The van der Waals surface area contributed by atoms with Crippen LogP contribution in [0.15, 0.2) is 46.6 Å². The van der Waals surface area contributed by atoms with E-state index >= 15 is 0 Å². The molecule has 48 heavy (non-hydrogen) atoms. The van der Waals surface area contributed by atoms with Crippen molar-refractivity contribution in [3.05, 3.63) is 46.6 Å². The van der Waals surface area contributed by atoms with E-state index in [4.69, 9.17) is 0 Å². The molecule has 0 unspecified atom stereocenters. The van der Waals surface area contributed by atoms with E-state index in [-0.39, 0.29) is 0 Å². The van der Waals surface area contributed by atoms with Gasteiger partial charge in [-0.1, -0.05) is 157 Å². The van der Waals surface area contributed by atoms with Crippen LogP contribution in [0, 0.1) is 71.0 Å². The van der Waals surface area contributed by atoms with Crippen molar-refractivity contribution in [3.8, 4) is 0 Å². The summed E-state index contributed by atoms with van der Waals surface area (Å²) in [6.07, 6.45) is 26.1. The Morgan fingerprint density at radius 1 is 0.375 bits per heavy atom. The lowest BCUT2D eigenvalue weighted by atomic mass is 9.75. The third-order valence-electron chi connectivity index (χ3n) is 13.1. The van der Waals surface area contributed by atoms with E-state index in [2.05, 4.69) is 135 Å². The van der Waals surface area contributed by atoms with E-state index in [1.807, 2.05) is 0 Å². The maximum atomic E-state index is 2.51. The SMILES string of the molecule is CCC1=C[C@@H](C)[C@@H](C(C)C)CC1.CCC1=C[C@@H](C)[C@H](C(C)C)CC1.CCC1=C[C@H](C)[C@@H](C(C)C)CC1.CCC1=C[C@H](C)[C@H](C(C)C)CC1. The highest BCUT2D eigenvalue weighted by Gasteiger charge is 2.25. The zero-order chi connectivity index (χ0) is 36.6. The van der Waals surface area contributed by atoms with E-state index in [1.54, 1.807) is 22.3 Å². The maximum absolute atomic E-state index is 2.51. The molecule has 0 heterocycles. The van der Waals surface area contributed by atoms with Gasteiger partial charge in [0.15, 0.2) is 0 Å². The molecule has 0 saturated heterocycles. The Morgan fingerprint density at radius 3 is 0.646 bits per heavy atom. The molecule has 0 radical (unpaired) electrons. The molecule has 0 aliphatic heterocycles. The van der Waals surface area contributed by atoms with Crippen molar-refractivity contribution in [1.29, 1.82) is 0 Å². The summed E-state index contributed by atoms with van der Waals surface area (Å²) in [5, 5.41) is 0. The summed E-state index contributed by atoms with van der Waals surface area (Å²) < 4.78 is 0. The van der Waals surface area contributed by atoms with E-state index in [9.17, 15) is 0 Å². The summed E-state index contributed by atoms with van der Waals surface area (Å²) in [7, 11) is 0. The number of hydrogen-bond acceptors (Lipinski definition) is 0. The van der Waals surface area contributed by atoms with E-state index in [0.29, 0.717) is 0 Å². The van der Waals surface area contributed by atoms with Gasteiger partial charge in [0.1, 0.15) is 0 Å². The van der Waals surface area contributed by atoms with Crippen LogP contribution in [0.25, 0.3) is 0 Å². The summed E-state index contributed by atoms with van der Waals surface area (Å²) in [4.78, 5) is 0. The number of allylic oxidation sites excluding steroid dienone is 8. The van der Waals surface area contributed by atoms with Crippen LogP contribution < -0.4 is 0 Å². The molecular formula is C48H88. The lowest BCUT2D eigenvalue weighted by Crippen LogP contribution is -2.20. The van der Waals surface area contributed by atoms with Gasteiger partial charge >= 0.3 is 0 Å². The third-order valence-corrected chi connectivity index (χ3v) is 13.1. The Kier molecular flexibility index (Phi) is 22.0. The maximum Gasteiger partial charge on any atom is -0.0228 e. The first-order valence-electron chi connectivity index (χ1n) is 21.4. The Balaban J connectivity index is 0.000000320. The molecule has 8 atom stereocenters. The summed E-state index contributed by atoms with van der Waals surface area (Å²) in [5.41, 5.74) is 6.72. The highest BCUT2D eigenvalue weighted by atomic mass is 14.3. The van der Waals surface area contributed by atoms with E-state index in [1.165, 1.54) is 77.0 Å². The quantitative estimate of drug-likeness (QED) is 0.227. The fraction of sp³-hybridized carbons (Fsp3) is 0.833. The molecule has 0 aromatic rings. The van der Waals surface area contributed by atoms with Gasteiger partial charge in [0.25, 0.3) is 0 Å². The van der Waals surface area contributed by atoms with Crippen LogP contribution in [0.2, 0.25) is 0 Å². The Morgan fingerprint density at radius 2 is 0.542 bits per heavy atom. The summed E-state index contributed by atoms with van der Waals surface area (Å²) >= 11 is 0. The molecule has 0 heteroatoms. The Hall–Kier alpha value is -1.04. The monoisotopic (exact) mass is 665 g/mol. The van der Waals surface area contributed by atoms with Gasteiger partial charge in [-0.05, 0) is 148 Å². The fourth-order valence-corrected chi connectivity index (χ4v) is 9.72. The van der Waals surface area contributed by atoms with Crippen LogP contribution in [-0.2, 0) is 0 Å². The Labute approximate surface area is 304 Å². The molecule has 4 aliphatic rings. The first-order chi connectivity index (χ1) is 22.6.